The number of aromatic nitrogens is 4. The fraction of sp³-hybridized carbons (Fsp3) is 0.222. The van der Waals surface area contributed by atoms with Gasteiger partial charge in [-0.1, -0.05) is 17.7 Å². The zero-order chi connectivity index (χ0) is 17.6. The number of hydrogen-bond acceptors (Lipinski definition) is 6. The van der Waals surface area contributed by atoms with Crippen LogP contribution in [-0.4, -0.2) is 33.1 Å². The van der Waals surface area contributed by atoms with Crippen LogP contribution in [0.25, 0.3) is 26.1 Å². The average molecular weight is 351 g/mol. The van der Waals surface area contributed by atoms with Gasteiger partial charge in [-0.15, -0.1) is 11.3 Å². The Balaban J connectivity index is 2.01. The van der Waals surface area contributed by atoms with Crippen molar-refractivity contribution >= 4 is 37.6 Å². The largest absolute Gasteiger partial charge is 0.359 e. The smallest absolute Gasteiger partial charge is 0.275 e. The van der Waals surface area contributed by atoms with Gasteiger partial charge in [0.05, 0.1) is 11.1 Å². The Bertz CT molecular complexity index is 1130. The van der Waals surface area contributed by atoms with Gasteiger partial charge in [0.2, 0.25) is 0 Å². The Labute approximate surface area is 148 Å². The number of fused-ring (bicyclic) bond motifs is 3. The van der Waals surface area contributed by atoms with Crippen molar-refractivity contribution in [3.8, 4) is 5.69 Å². The lowest BCUT2D eigenvalue weighted by atomic mass is 10.2. The van der Waals surface area contributed by atoms with Gasteiger partial charge < -0.3 is 4.90 Å². The van der Waals surface area contributed by atoms with Gasteiger partial charge in [0, 0.05) is 13.6 Å². The highest BCUT2D eigenvalue weighted by Crippen LogP contribution is 2.34. The van der Waals surface area contributed by atoms with Crippen LogP contribution in [-0.2, 0) is 0 Å². The maximum absolute atomic E-state index is 13.0. The van der Waals surface area contributed by atoms with Crippen molar-refractivity contribution in [1.29, 1.82) is 0 Å². The molecule has 25 heavy (non-hydrogen) atoms. The van der Waals surface area contributed by atoms with Crippen LogP contribution < -0.4 is 10.5 Å². The fourth-order valence-corrected chi connectivity index (χ4v) is 3.80. The van der Waals surface area contributed by atoms with E-state index in [4.69, 9.17) is 0 Å². The molecule has 126 valence electrons. The van der Waals surface area contributed by atoms with Gasteiger partial charge in [0.15, 0.2) is 0 Å². The number of hydrogen-bond donors (Lipinski definition) is 0. The van der Waals surface area contributed by atoms with Gasteiger partial charge >= 0.3 is 0 Å². The normalized spacial score (nSPS) is 11.3. The van der Waals surface area contributed by atoms with Crippen LogP contribution in [0.5, 0.6) is 0 Å². The molecule has 3 heterocycles. The van der Waals surface area contributed by atoms with Crippen LogP contribution in [0.2, 0.25) is 0 Å². The van der Waals surface area contributed by atoms with Crippen LogP contribution in [0, 0.1) is 6.92 Å². The molecule has 0 unspecified atom stereocenters. The van der Waals surface area contributed by atoms with E-state index in [9.17, 15) is 4.79 Å². The van der Waals surface area contributed by atoms with E-state index in [2.05, 4.69) is 21.9 Å². The Morgan fingerprint density at radius 3 is 2.64 bits per heavy atom. The number of aryl methyl sites for hydroxylation is 1. The van der Waals surface area contributed by atoms with Crippen LogP contribution in [0.15, 0.2) is 41.7 Å². The summed E-state index contributed by atoms with van der Waals surface area (Å²) in [6.07, 6.45) is 3.13. The topological polar surface area (TPSA) is 63.9 Å². The van der Waals surface area contributed by atoms with Crippen LogP contribution in [0.3, 0.4) is 0 Å². The van der Waals surface area contributed by atoms with Crippen molar-refractivity contribution in [2.75, 3.05) is 18.5 Å². The molecule has 0 aliphatic carbocycles. The first-order chi connectivity index (χ1) is 12.1. The van der Waals surface area contributed by atoms with E-state index in [0.717, 1.165) is 33.8 Å². The van der Waals surface area contributed by atoms with Crippen molar-refractivity contribution in [1.82, 2.24) is 19.5 Å². The molecule has 0 saturated heterocycles. The molecule has 1 aromatic carbocycles. The Morgan fingerprint density at radius 1 is 1.16 bits per heavy atom. The summed E-state index contributed by atoms with van der Waals surface area (Å²) < 4.78 is 2.18. The molecule has 3 aromatic heterocycles. The summed E-state index contributed by atoms with van der Waals surface area (Å²) in [6, 6.07) is 7.81. The highest BCUT2D eigenvalue weighted by molar-refractivity contribution is 7.25. The van der Waals surface area contributed by atoms with Gasteiger partial charge in [-0.3, -0.25) is 9.36 Å². The Kier molecular flexibility index (Phi) is 3.73. The molecule has 0 aliphatic heterocycles. The minimum Gasteiger partial charge on any atom is -0.359 e. The molecule has 0 saturated carbocycles. The summed E-state index contributed by atoms with van der Waals surface area (Å²) >= 11 is 1.37. The minimum absolute atomic E-state index is 0.0815. The quantitative estimate of drug-likeness (QED) is 0.567. The molecule has 0 aliphatic rings. The first-order valence-electron chi connectivity index (χ1n) is 8.03. The molecule has 0 radical (unpaired) electrons. The molecular formula is C18H17N5OS. The predicted octanol–water partition coefficient (Wildman–Crippen LogP) is 3.15. The van der Waals surface area contributed by atoms with E-state index in [-0.39, 0.29) is 5.56 Å². The molecule has 0 fully saturated rings. The molecule has 4 rings (SSSR count). The van der Waals surface area contributed by atoms with E-state index in [1.54, 1.807) is 10.9 Å². The van der Waals surface area contributed by atoms with Crippen LogP contribution in [0.4, 0.5) is 5.82 Å². The summed E-state index contributed by atoms with van der Waals surface area (Å²) in [5.41, 5.74) is 2.54. The second-order valence-electron chi connectivity index (χ2n) is 5.93. The molecule has 0 atom stereocenters. The number of rotatable bonds is 3. The van der Waals surface area contributed by atoms with E-state index < -0.39 is 0 Å². The standard InChI is InChI=1S/C18H17N5OS/c1-4-22(3)16-13-14-15(25-17(13)20-9-19-16)18(24)23(10-21-14)12-7-5-11(2)6-8-12/h5-10H,4H2,1-3H3. The van der Waals surface area contributed by atoms with Gasteiger partial charge in [-0.05, 0) is 26.0 Å². The number of thiophene rings is 1. The van der Waals surface area contributed by atoms with Crippen molar-refractivity contribution < 1.29 is 0 Å². The maximum Gasteiger partial charge on any atom is 0.275 e. The van der Waals surface area contributed by atoms with E-state index in [1.807, 2.05) is 43.1 Å². The van der Waals surface area contributed by atoms with Crippen molar-refractivity contribution in [2.24, 2.45) is 0 Å². The van der Waals surface area contributed by atoms with E-state index in [0.29, 0.717) is 10.2 Å². The molecule has 0 N–H and O–H groups in total. The molecule has 0 amide bonds. The Morgan fingerprint density at radius 2 is 1.92 bits per heavy atom. The highest BCUT2D eigenvalue weighted by atomic mass is 32.1. The zero-order valence-electron chi connectivity index (χ0n) is 14.2. The second kappa shape index (κ2) is 5.93. The Hall–Kier alpha value is -2.80. The average Bonchev–Trinajstić information content (AvgIpc) is 3.02. The third-order valence-corrected chi connectivity index (χ3v) is 5.38. The summed E-state index contributed by atoms with van der Waals surface area (Å²) in [4.78, 5) is 29.1. The number of nitrogens with zero attached hydrogens (tertiary/aromatic N) is 5. The highest BCUT2D eigenvalue weighted by Gasteiger charge is 2.18. The fourth-order valence-electron chi connectivity index (χ4n) is 2.78. The summed E-state index contributed by atoms with van der Waals surface area (Å²) in [6.45, 7) is 4.88. The predicted molar refractivity (Wildman–Crippen MR) is 102 cm³/mol. The molecule has 0 spiro atoms. The van der Waals surface area contributed by atoms with Gasteiger partial charge in [-0.25, -0.2) is 15.0 Å². The van der Waals surface area contributed by atoms with Gasteiger partial charge in [-0.2, -0.15) is 0 Å². The summed E-state index contributed by atoms with van der Waals surface area (Å²) in [5.74, 6) is 0.804. The monoisotopic (exact) mass is 351 g/mol. The van der Waals surface area contributed by atoms with Gasteiger partial charge in [0.1, 0.15) is 33.5 Å². The third-order valence-electron chi connectivity index (χ3n) is 4.31. The number of anilines is 1. The third kappa shape index (κ3) is 2.47. The van der Waals surface area contributed by atoms with E-state index >= 15 is 0 Å². The molecule has 4 aromatic rings. The van der Waals surface area contributed by atoms with Crippen LogP contribution in [0.1, 0.15) is 12.5 Å². The lowest BCUT2D eigenvalue weighted by Crippen LogP contribution is -2.18. The van der Waals surface area contributed by atoms with Crippen LogP contribution >= 0.6 is 11.3 Å². The second-order valence-corrected chi connectivity index (χ2v) is 6.93. The molecule has 6 nitrogen and oxygen atoms in total. The lowest BCUT2D eigenvalue weighted by Gasteiger charge is -2.15. The van der Waals surface area contributed by atoms with Crippen molar-refractivity contribution in [3.05, 3.63) is 52.8 Å². The first kappa shape index (κ1) is 15.7. The molecule has 7 heteroatoms. The SMILES string of the molecule is CCN(C)c1ncnc2sc3c(=O)n(-c4ccc(C)cc4)cnc3c12. The van der Waals surface area contributed by atoms with Crippen molar-refractivity contribution in [2.45, 2.75) is 13.8 Å². The van der Waals surface area contributed by atoms with Gasteiger partial charge in [0.25, 0.3) is 5.56 Å². The molecular weight excluding hydrogens is 334 g/mol. The molecule has 0 bridgehead atoms. The first-order valence-corrected chi connectivity index (χ1v) is 8.85. The number of benzene rings is 1. The zero-order valence-corrected chi connectivity index (χ0v) is 15.0. The van der Waals surface area contributed by atoms with Crippen molar-refractivity contribution in [3.63, 3.8) is 0 Å². The summed E-state index contributed by atoms with van der Waals surface area (Å²) in [7, 11) is 1.97. The maximum atomic E-state index is 13.0. The summed E-state index contributed by atoms with van der Waals surface area (Å²) in [5, 5.41) is 0.847. The lowest BCUT2D eigenvalue weighted by molar-refractivity contribution is 0.940. The van der Waals surface area contributed by atoms with E-state index in [1.165, 1.54) is 17.7 Å². The minimum atomic E-state index is -0.0815.